The van der Waals surface area contributed by atoms with Crippen molar-refractivity contribution >= 4 is 11.9 Å². The van der Waals surface area contributed by atoms with E-state index in [1.807, 2.05) is 24.3 Å². The largest absolute Gasteiger partial charge is 0.497 e. The summed E-state index contributed by atoms with van der Waals surface area (Å²) in [4.78, 5) is 25.7. The molecule has 1 atom stereocenters. The van der Waals surface area contributed by atoms with Gasteiger partial charge in [-0.15, -0.1) is 0 Å². The van der Waals surface area contributed by atoms with Gasteiger partial charge in [-0.3, -0.25) is 4.79 Å². The summed E-state index contributed by atoms with van der Waals surface area (Å²) < 4.78 is 16.2. The summed E-state index contributed by atoms with van der Waals surface area (Å²) in [6.07, 6.45) is 1.92. The van der Waals surface area contributed by atoms with Crippen molar-refractivity contribution in [3.05, 3.63) is 59.7 Å². The zero-order valence-corrected chi connectivity index (χ0v) is 16.4. The minimum Gasteiger partial charge on any atom is -0.497 e. The number of rotatable bonds is 9. The molecule has 2 aromatic carbocycles. The van der Waals surface area contributed by atoms with Crippen LogP contribution in [-0.4, -0.2) is 54.9 Å². The van der Waals surface area contributed by atoms with Crippen LogP contribution in [0.3, 0.4) is 0 Å². The van der Waals surface area contributed by atoms with Crippen LogP contribution in [-0.2, 0) is 16.1 Å². The fraction of sp³-hybridized carbons (Fsp3) is 0.364. The second-order valence-electron chi connectivity index (χ2n) is 6.88. The Morgan fingerprint density at radius 1 is 1.17 bits per heavy atom. The molecule has 3 rings (SSSR count). The summed E-state index contributed by atoms with van der Waals surface area (Å²) in [5.74, 6) is -0.156. The molecule has 1 aliphatic rings. The van der Waals surface area contributed by atoms with Crippen molar-refractivity contribution < 1.29 is 28.9 Å². The molecule has 0 saturated carbocycles. The number of methoxy groups -OCH3 is 1. The lowest BCUT2D eigenvalue weighted by Crippen LogP contribution is -2.37. The third kappa shape index (κ3) is 5.96. The predicted molar refractivity (Wildman–Crippen MR) is 106 cm³/mol. The van der Waals surface area contributed by atoms with E-state index >= 15 is 0 Å². The molecule has 154 valence electrons. The molecule has 0 radical (unpaired) electrons. The second-order valence-corrected chi connectivity index (χ2v) is 6.88. The number of carbonyl (C=O) groups is 2. The molecule has 7 nitrogen and oxygen atoms in total. The number of nitrogens with zero attached hydrogens (tertiary/aromatic N) is 1. The van der Waals surface area contributed by atoms with Crippen LogP contribution in [0, 0.1) is 0 Å². The first-order valence-corrected chi connectivity index (χ1v) is 9.53. The summed E-state index contributed by atoms with van der Waals surface area (Å²) in [5.41, 5.74) is 1.39. The minimum absolute atomic E-state index is 0.0102. The molecule has 2 aromatic rings. The van der Waals surface area contributed by atoms with E-state index < -0.39 is 12.6 Å². The zero-order valence-electron chi connectivity index (χ0n) is 16.4. The number of carbonyl (C=O) groups excluding carboxylic acids is 1. The summed E-state index contributed by atoms with van der Waals surface area (Å²) in [7, 11) is 1.61. The molecule has 0 aromatic heterocycles. The average Bonchev–Trinajstić information content (AvgIpc) is 3.25. The van der Waals surface area contributed by atoms with E-state index in [1.54, 1.807) is 36.3 Å². The SMILES string of the molecule is COc1cccc(CN(CC2CCCO2)C(=O)c2cccc(OCC(=O)O)c2)c1. The van der Waals surface area contributed by atoms with Gasteiger partial charge in [-0.1, -0.05) is 18.2 Å². The van der Waals surface area contributed by atoms with E-state index in [-0.39, 0.29) is 12.0 Å². The first kappa shape index (κ1) is 20.7. The lowest BCUT2D eigenvalue weighted by Gasteiger charge is -2.26. The van der Waals surface area contributed by atoms with Crippen LogP contribution in [0.1, 0.15) is 28.8 Å². The number of carboxylic acids is 1. The third-order valence-electron chi connectivity index (χ3n) is 4.69. The number of ether oxygens (including phenoxy) is 3. The maximum Gasteiger partial charge on any atom is 0.341 e. The Kier molecular flexibility index (Phi) is 7.08. The van der Waals surface area contributed by atoms with Crippen molar-refractivity contribution in [3.63, 3.8) is 0 Å². The van der Waals surface area contributed by atoms with E-state index in [0.717, 1.165) is 24.2 Å². The number of hydrogen-bond donors (Lipinski definition) is 1. The molecule has 0 bridgehead atoms. The molecule has 1 fully saturated rings. The minimum atomic E-state index is -1.07. The van der Waals surface area contributed by atoms with E-state index in [9.17, 15) is 9.59 Å². The van der Waals surface area contributed by atoms with Crippen molar-refractivity contribution in [3.8, 4) is 11.5 Å². The van der Waals surface area contributed by atoms with Gasteiger partial charge in [-0.05, 0) is 48.7 Å². The van der Waals surface area contributed by atoms with Gasteiger partial charge in [0.2, 0.25) is 0 Å². The van der Waals surface area contributed by atoms with E-state index in [1.165, 1.54) is 0 Å². The summed E-state index contributed by atoms with van der Waals surface area (Å²) in [6.45, 7) is 1.15. The molecule has 0 spiro atoms. The number of hydrogen-bond acceptors (Lipinski definition) is 5. The Labute approximate surface area is 169 Å². The molecule has 7 heteroatoms. The van der Waals surface area contributed by atoms with E-state index in [0.29, 0.717) is 31.0 Å². The lowest BCUT2D eigenvalue weighted by atomic mass is 10.1. The Balaban J connectivity index is 1.79. The maximum absolute atomic E-state index is 13.2. The Morgan fingerprint density at radius 3 is 2.69 bits per heavy atom. The number of benzene rings is 2. The molecular formula is C22H25NO6. The first-order valence-electron chi connectivity index (χ1n) is 9.53. The molecule has 1 amide bonds. The normalized spacial score (nSPS) is 15.7. The molecule has 1 heterocycles. The van der Waals surface area contributed by atoms with Crippen LogP contribution in [0.2, 0.25) is 0 Å². The summed E-state index contributed by atoms with van der Waals surface area (Å²) in [6, 6.07) is 14.2. The van der Waals surface area contributed by atoms with Gasteiger partial charge in [0, 0.05) is 25.3 Å². The Bertz CT molecular complexity index is 847. The first-order chi connectivity index (χ1) is 14.0. The van der Waals surface area contributed by atoms with Crippen molar-refractivity contribution in [1.82, 2.24) is 4.90 Å². The summed E-state index contributed by atoms with van der Waals surface area (Å²) >= 11 is 0. The van der Waals surface area contributed by atoms with Crippen LogP contribution >= 0.6 is 0 Å². The van der Waals surface area contributed by atoms with Gasteiger partial charge in [0.05, 0.1) is 13.2 Å². The predicted octanol–water partition coefficient (Wildman–Crippen LogP) is 2.98. The molecule has 1 N–H and O–H groups in total. The number of amides is 1. The van der Waals surface area contributed by atoms with Crippen LogP contribution in [0.15, 0.2) is 48.5 Å². The second kappa shape index (κ2) is 9.93. The monoisotopic (exact) mass is 399 g/mol. The van der Waals surface area contributed by atoms with Gasteiger partial charge in [0.15, 0.2) is 6.61 Å². The molecule has 1 saturated heterocycles. The fourth-order valence-corrected chi connectivity index (χ4v) is 3.29. The zero-order chi connectivity index (χ0) is 20.6. The van der Waals surface area contributed by atoms with Crippen molar-refractivity contribution in [2.24, 2.45) is 0 Å². The quantitative estimate of drug-likeness (QED) is 0.698. The average molecular weight is 399 g/mol. The van der Waals surface area contributed by atoms with Gasteiger partial charge in [-0.25, -0.2) is 4.79 Å². The van der Waals surface area contributed by atoms with Crippen LogP contribution in [0.4, 0.5) is 0 Å². The fourth-order valence-electron chi connectivity index (χ4n) is 3.29. The number of aliphatic carboxylic acids is 1. The van der Waals surface area contributed by atoms with Crippen molar-refractivity contribution in [1.29, 1.82) is 0 Å². The van der Waals surface area contributed by atoms with Gasteiger partial charge >= 0.3 is 5.97 Å². The highest BCUT2D eigenvalue weighted by molar-refractivity contribution is 5.94. The molecule has 1 unspecified atom stereocenters. The molecule has 0 aliphatic carbocycles. The highest BCUT2D eigenvalue weighted by Crippen LogP contribution is 2.21. The number of carboxylic acid groups (broad SMARTS) is 1. The van der Waals surface area contributed by atoms with Gasteiger partial charge in [0.1, 0.15) is 11.5 Å². The standard InChI is InChI=1S/C22H25NO6/c1-27-18-7-2-5-16(11-18)13-23(14-20-9-4-10-28-20)22(26)17-6-3-8-19(12-17)29-15-21(24)25/h2-3,5-8,11-12,20H,4,9-10,13-15H2,1H3,(H,24,25). The Hall–Kier alpha value is -3.06. The highest BCUT2D eigenvalue weighted by atomic mass is 16.5. The molecular weight excluding hydrogens is 374 g/mol. The van der Waals surface area contributed by atoms with Gasteiger partial charge in [0.25, 0.3) is 5.91 Å². The van der Waals surface area contributed by atoms with Crippen LogP contribution in [0.25, 0.3) is 0 Å². The highest BCUT2D eigenvalue weighted by Gasteiger charge is 2.24. The maximum atomic E-state index is 13.2. The smallest absolute Gasteiger partial charge is 0.341 e. The Morgan fingerprint density at radius 2 is 1.97 bits per heavy atom. The van der Waals surface area contributed by atoms with Crippen LogP contribution in [0.5, 0.6) is 11.5 Å². The van der Waals surface area contributed by atoms with Crippen LogP contribution < -0.4 is 9.47 Å². The summed E-state index contributed by atoms with van der Waals surface area (Å²) in [5, 5.41) is 8.78. The molecule has 1 aliphatic heterocycles. The van der Waals surface area contributed by atoms with E-state index in [2.05, 4.69) is 0 Å². The van der Waals surface area contributed by atoms with Crippen molar-refractivity contribution in [2.75, 3.05) is 26.9 Å². The topological polar surface area (TPSA) is 85.3 Å². The van der Waals surface area contributed by atoms with Gasteiger partial charge < -0.3 is 24.2 Å². The van der Waals surface area contributed by atoms with E-state index in [4.69, 9.17) is 19.3 Å². The lowest BCUT2D eigenvalue weighted by molar-refractivity contribution is -0.139. The third-order valence-corrected chi connectivity index (χ3v) is 4.69. The van der Waals surface area contributed by atoms with Gasteiger partial charge in [-0.2, -0.15) is 0 Å². The van der Waals surface area contributed by atoms with Crippen molar-refractivity contribution in [2.45, 2.75) is 25.5 Å². The molecule has 29 heavy (non-hydrogen) atoms.